The summed E-state index contributed by atoms with van der Waals surface area (Å²) < 4.78 is 23.0. The van der Waals surface area contributed by atoms with Crippen molar-refractivity contribution in [2.24, 2.45) is 5.41 Å². The maximum absolute atomic E-state index is 13.1. The highest BCUT2D eigenvalue weighted by Gasteiger charge is 2.33. The number of hydrogen-bond donors (Lipinski definition) is 1. The lowest BCUT2D eigenvalue weighted by atomic mass is 9.81. The number of ether oxygens (including phenoxy) is 4. The van der Waals surface area contributed by atoms with Crippen LogP contribution < -0.4 is 19.8 Å². The molecule has 0 amide bonds. The molecule has 3 rings (SSSR count). The van der Waals surface area contributed by atoms with E-state index in [0.717, 1.165) is 0 Å². The van der Waals surface area contributed by atoms with Gasteiger partial charge in [0.25, 0.3) is 5.56 Å². The highest BCUT2D eigenvalue weighted by atomic mass is 16.5. The molecule has 0 unspecified atom stereocenters. The monoisotopic (exact) mass is 364 g/mol. The maximum atomic E-state index is 13.1. The van der Waals surface area contributed by atoms with Gasteiger partial charge in [-0.1, -0.05) is 0 Å². The summed E-state index contributed by atoms with van der Waals surface area (Å²) in [6.45, 7) is 1.53. The van der Waals surface area contributed by atoms with Crippen LogP contribution in [0.15, 0.2) is 17.2 Å². The van der Waals surface area contributed by atoms with Gasteiger partial charge in [-0.15, -0.1) is 0 Å². The van der Waals surface area contributed by atoms with Crippen LogP contribution >= 0.6 is 0 Å². The lowest BCUT2D eigenvalue weighted by molar-refractivity contribution is -0.0258. The molecule has 1 N–H and O–H groups in total. The standard InChI is InChI=1S/C18H24N2O6/c1-23-13-8-12-14(16(25-3)15(13)24-2)19-11-20(17(12)22)9-18(10-21)4-6-26-7-5-18/h8,11,21H,4-7,9-10H2,1-3H3. The van der Waals surface area contributed by atoms with Gasteiger partial charge in [-0.05, 0) is 18.9 Å². The van der Waals surface area contributed by atoms with E-state index in [4.69, 9.17) is 18.9 Å². The molecule has 1 fully saturated rings. The number of rotatable bonds is 6. The predicted octanol–water partition coefficient (Wildman–Crippen LogP) is 1.21. The van der Waals surface area contributed by atoms with E-state index in [0.29, 0.717) is 60.8 Å². The third kappa shape index (κ3) is 3.10. The Morgan fingerprint density at radius 1 is 1.19 bits per heavy atom. The molecule has 8 heteroatoms. The van der Waals surface area contributed by atoms with Crippen molar-refractivity contribution in [3.63, 3.8) is 0 Å². The topological polar surface area (TPSA) is 92.0 Å². The fourth-order valence-corrected chi connectivity index (χ4v) is 3.41. The van der Waals surface area contributed by atoms with Crippen molar-refractivity contribution in [1.82, 2.24) is 9.55 Å². The number of aliphatic hydroxyl groups is 1. The van der Waals surface area contributed by atoms with E-state index < -0.39 is 0 Å². The van der Waals surface area contributed by atoms with Crippen molar-refractivity contribution in [3.8, 4) is 17.2 Å². The first-order chi connectivity index (χ1) is 12.6. The number of methoxy groups -OCH3 is 3. The minimum atomic E-state index is -0.377. The lowest BCUT2D eigenvalue weighted by Gasteiger charge is -2.35. The molecule has 1 aliphatic heterocycles. The molecule has 0 aliphatic carbocycles. The molecular formula is C18H24N2O6. The van der Waals surface area contributed by atoms with Crippen LogP contribution in [0.3, 0.4) is 0 Å². The Morgan fingerprint density at radius 3 is 2.46 bits per heavy atom. The average Bonchev–Trinajstić information content (AvgIpc) is 2.69. The molecule has 0 saturated carbocycles. The molecule has 0 atom stereocenters. The van der Waals surface area contributed by atoms with Crippen molar-refractivity contribution in [2.75, 3.05) is 41.2 Å². The summed E-state index contributed by atoms with van der Waals surface area (Å²) in [5.41, 5.74) is -0.178. The van der Waals surface area contributed by atoms with Crippen LogP contribution in [0.4, 0.5) is 0 Å². The summed E-state index contributed by atoms with van der Waals surface area (Å²) in [5.74, 6) is 1.15. The van der Waals surface area contributed by atoms with E-state index in [1.165, 1.54) is 32.2 Å². The Hall–Kier alpha value is -2.32. The van der Waals surface area contributed by atoms with Crippen LogP contribution in [0, 0.1) is 5.41 Å². The highest BCUT2D eigenvalue weighted by Crippen LogP contribution is 2.41. The molecule has 1 aliphatic rings. The average molecular weight is 364 g/mol. The van der Waals surface area contributed by atoms with Crippen LogP contribution in [0.25, 0.3) is 10.9 Å². The van der Waals surface area contributed by atoms with Crippen molar-refractivity contribution in [1.29, 1.82) is 0 Å². The van der Waals surface area contributed by atoms with E-state index in [1.54, 1.807) is 6.07 Å². The first kappa shape index (κ1) is 18.5. The molecule has 1 aromatic carbocycles. The van der Waals surface area contributed by atoms with Crippen molar-refractivity contribution >= 4 is 10.9 Å². The van der Waals surface area contributed by atoms with Gasteiger partial charge in [0.05, 0.1) is 39.6 Å². The molecule has 142 valence electrons. The number of nitrogens with zero attached hydrogens (tertiary/aromatic N) is 2. The van der Waals surface area contributed by atoms with Gasteiger partial charge < -0.3 is 24.1 Å². The van der Waals surface area contributed by atoms with Crippen molar-refractivity contribution in [2.45, 2.75) is 19.4 Å². The summed E-state index contributed by atoms with van der Waals surface area (Å²) in [6.07, 6.45) is 2.89. The van der Waals surface area contributed by atoms with Crippen LogP contribution in [-0.4, -0.2) is 55.8 Å². The first-order valence-corrected chi connectivity index (χ1v) is 8.46. The molecule has 0 bridgehead atoms. The second-order valence-electron chi connectivity index (χ2n) is 6.49. The van der Waals surface area contributed by atoms with Gasteiger partial charge in [-0.3, -0.25) is 9.36 Å². The normalized spacial score (nSPS) is 16.5. The van der Waals surface area contributed by atoms with E-state index >= 15 is 0 Å². The SMILES string of the molecule is COc1cc2c(=O)n(CC3(CO)CCOCC3)cnc2c(OC)c1OC. The predicted molar refractivity (Wildman–Crippen MR) is 95.2 cm³/mol. The van der Waals surface area contributed by atoms with Gasteiger partial charge in [0.1, 0.15) is 5.52 Å². The van der Waals surface area contributed by atoms with E-state index in [1.807, 2.05) is 0 Å². The Bertz CT molecular complexity index is 842. The summed E-state index contributed by atoms with van der Waals surface area (Å²) >= 11 is 0. The molecule has 26 heavy (non-hydrogen) atoms. The summed E-state index contributed by atoms with van der Waals surface area (Å²) in [5, 5.41) is 10.3. The van der Waals surface area contributed by atoms with E-state index in [9.17, 15) is 9.90 Å². The highest BCUT2D eigenvalue weighted by molar-refractivity contribution is 5.89. The molecular weight excluding hydrogens is 340 g/mol. The second kappa shape index (κ2) is 7.51. The third-order valence-electron chi connectivity index (χ3n) is 5.02. The van der Waals surface area contributed by atoms with E-state index in [2.05, 4.69) is 4.98 Å². The quantitative estimate of drug-likeness (QED) is 0.824. The van der Waals surface area contributed by atoms with Crippen LogP contribution in [-0.2, 0) is 11.3 Å². The zero-order chi connectivity index (χ0) is 18.7. The van der Waals surface area contributed by atoms with Crippen molar-refractivity contribution < 1.29 is 24.1 Å². The summed E-state index contributed by atoms with van der Waals surface area (Å²) in [4.78, 5) is 17.5. The number of hydrogen-bond acceptors (Lipinski definition) is 7. The minimum Gasteiger partial charge on any atom is -0.493 e. The minimum absolute atomic E-state index is 0.00388. The number of aliphatic hydroxyl groups excluding tert-OH is 1. The summed E-state index contributed by atoms with van der Waals surface area (Å²) in [7, 11) is 4.50. The maximum Gasteiger partial charge on any atom is 0.261 e. The second-order valence-corrected chi connectivity index (χ2v) is 6.49. The third-order valence-corrected chi connectivity index (χ3v) is 5.02. The van der Waals surface area contributed by atoms with Gasteiger partial charge in [-0.25, -0.2) is 4.98 Å². The fraction of sp³-hybridized carbons (Fsp3) is 0.556. The van der Waals surface area contributed by atoms with Crippen LogP contribution in [0.5, 0.6) is 17.2 Å². The molecule has 0 radical (unpaired) electrons. The zero-order valence-electron chi connectivity index (χ0n) is 15.3. The lowest BCUT2D eigenvalue weighted by Crippen LogP contribution is -2.39. The van der Waals surface area contributed by atoms with E-state index in [-0.39, 0.29) is 17.6 Å². The first-order valence-electron chi connectivity index (χ1n) is 8.46. The fourth-order valence-electron chi connectivity index (χ4n) is 3.41. The van der Waals surface area contributed by atoms with Gasteiger partial charge in [0.15, 0.2) is 11.5 Å². The smallest absolute Gasteiger partial charge is 0.261 e. The molecule has 8 nitrogen and oxygen atoms in total. The molecule has 2 aromatic rings. The van der Waals surface area contributed by atoms with Crippen LogP contribution in [0.2, 0.25) is 0 Å². The molecule has 0 spiro atoms. The Labute approximate surface area is 151 Å². The Morgan fingerprint density at radius 2 is 1.88 bits per heavy atom. The number of benzene rings is 1. The molecule has 2 heterocycles. The Kier molecular flexibility index (Phi) is 5.33. The largest absolute Gasteiger partial charge is 0.493 e. The zero-order valence-corrected chi connectivity index (χ0v) is 15.3. The van der Waals surface area contributed by atoms with Gasteiger partial charge in [-0.2, -0.15) is 0 Å². The van der Waals surface area contributed by atoms with Gasteiger partial charge in [0, 0.05) is 25.2 Å². The van der Waals surface area contributed by atoms with Gasteiger partial charge >= 0.3 is 0 Å². The number of fused-ring (bicyclic) bond motifs is 1. The van der Waals surface area contributed by atoms with Crippen LogP contribution in [0.1, 0.15) is 12.8 Å². The number of aromatic nitrogens is 2. The molecule has 1 saturated heterocycles. The Balaban J connectivity index is 2.12. The molecule has 1 aromatic heterocycles. The summed E-state index contributed by atoms with van der Waals surface area (Å²) in [6, 6.07) is 1.61. The van der Waals surface area contributed by atoms with Crippen molar-refractivity contribution in [3.05, 3.63) is 22.7 Å². The van der Waals surface area contributed by atoms with Gasteiger partial charge in [0.2, 0.25) is 5.75 Å².